The first-order chi connectivity index (χ1) is 17.3. The Morgan fingerprint density at radius 1 is 0.972 bits per heavy atom. The molecule has 4 aromatic rings. The Morgan fingerprint density at radius 2 is 1.75 bits per heavy atom. The molecule has 1 heterocycles. The maximum atomic E-state index is 12.8. The number of rotatable bonds is 8. The van der Waals surface area contributed by atoms with E-state index in [1.165, 1.54) is 23.1 Å². The number of hydrogen-bond donors (Lipinski definition) is 2. The number of carbonyl (C=O) groups is 2. The first-order valence-electron chi connectivity index (χ1n) is 10.8. The monoisotopic (exact) mass is 575 g/mol. The largest absolute Gasteiger partial charge is 0.326 e. The van der Waals surface area contributed by atoms with Crippen molar-refractivity contribution in [1.82, 2.24) is 4.98 Å². The molecule has 3 aromatic carbocycles. The average Bonchev–Trinajstić information content (AvgIpc) is 3.31. The van der Waals surface area contributed by atoms with E-state index in [9.17, 15) is 9.59 Å². The Hall–Kier alpha value is -2.55. The van der Waals surface area contributed by atoms with Gasteiger partial charge in [0.05, 0.1) is 27.4 Å². The van der Waals surface area contributed by atoms with Crippen molar-refractivity contribution in [1.29, 1.82) is 0 Å². The lowest BCUT2D eigenvalue weighted by Gasteiger charge is -2.12. The molecule has 36 heavy (non-hydrogen) atoms. The number of hydrogen-bond acceptors (Lipinski definition) is 5. The Kier molecular flexibility index (Phi) is 8.93. The number of nitrogens with zero attached hydrogens (tertiary/aromatic N) is 1. The summed E-state index contributed by atoms with van der Waals surface area (Å²) in [6, 6.07) is 19.8. The minimum Gasteiger partial charge on any atom is -0.326 e. The molecule has 2 amide bonds. The van der Waals surface area contributed by atoms with Crippen LogP contribution in [0.25, 0.3) is 11.3 Å². The first kappa shape index (κ1) is 26.5. The van der Waals surface area contributed by atoms with Crippen molar-refractivity contribution in [2.45, 2.75) is 23.5 Å². The molecule has 0 aliphatic carbocycles. The van der Waals surface area contributed by atoms with Gasteiger partial charge in [0.2, 0.25) is 11.8 Å². The predicted molar refractivity (Wildman–Crippen MR) is 152 cm³/mol. The Labute approximate surface area is 232 Å². The van der Waals surface area contributed by atoms with Crippen molar-refractivity contribution in [3.8, 4) is 11.3 Å². The van der Waals surface area contributed by atoms with Gasteiger partial charge in [0.15, 0.2) is 5.13 Å². The van der Waals surface area contributed by atoms with E-state index in [2.05, 4.69) is 15.6 Å². The molecule has 0 spiro atoms. The number of halogens is 3. The molecule has 1 unspecified atom stereocenters. The van der Waals surface area contributed by atoms with Crippen molar-refractivity contribution in [3.05, 3.63) is 92.7 Å². The van der Waals surface area contributed by atoms with Crippen molar-refractivity contribution in [3.63, 3.8) is 0 Å². The van der Waals surface area contributed by atoms with Crippen LogP contribution in [0, 0.1) is 0 Å². The van der Waals surface area contributed by atoms with E-state index in [0.29, 0.717) is 31.6 Å². The summed E-state index contributed by atoms with van der Waals surface area (Å²) in [4.78, 5) is 30.5. The zero-order chi connectivity index (χ0) is 25.7. The molecule has 5 nitrogen and oxygen atoms in total. The topological polar surface area (TPSA) is 71.1 Å². The third-order valence-corrected chi connectivity index (χ3v) is 7.87. The molecule has 0 aliphatic heterocycles. The molecule has 0 aliphatic rings. The molecule has 0 saturated heterocycles. The Morgan fingerprint density at radius 3 is 2.50 bits per heavy atom. The lowest BCUT2D eigenvalue weighted by Crippen LogP contribution is -2.22. The molecule has 0 saturated carbocycles. The number of carbonyl (C=O) groups excluding carboxylic acids is 2. The molecule has 0 radical (unpaired) electrons. The molecule has 1 aromatic heterocycles. The van der Waals surface area contributed by atoms with E-state index in [0.717, 1.165) is 16.0 Å². The fraction of sp³-hybridized carbons (Fsp3) is 0.115. The van der Waals surface area contributed by atoms with E-state index in [4.69, 9.17) is 34.8 Å². The van der Waals surface area contributed by atoms with Crippen LogP contribution in [0.1, 0.15) is 12.5 Å². The molecule has 4 rings (SSSR count). The number of benzene rings is 3. The van der Waals surface area contributed by atoms with E-state index >= 15 is 0 Å². The number of aromatic nitrogens is 1. The molecule has 0 bridgehead atoms. The van der Waals surface area contributed by atoms with Gasteiger partial charge in [-0.15, -0.1) is 23.1 Å². The highest BCUT2D eigenvalue weighted by Crippen LogP contribution is 2.31. The molecule has 10 heteroatoms. The van der Waals surface area contributed by atoms with Crippen LogP contribution in [0.5, 0.6) is 0 Å². The highest BCUT2D eigenvalue weighted by atomic mass is 35.5. The summed E-state index contributed by atoms with van der Waals surface area (Å²) in [5.41, 5.74) is 3.06. The maximum Gasteiger partial charge on any atom is 0.239 e. The van der Waals surface area contributed by atoms with Crippen LogP contribution in [-0.4, -0.2) is 22.0 Å². The summed E-state index contributed by atoms with van der Waals surface area (Å²) in [7, 11) is 0. The van der Waals surface area contributed by atoms with Crippen molar-refractivity contribution >= 4 is 80.5 Å². The van der Waals surface area contributed by atoms with Crippen LogP contribution in [0.3, 0.4) is 0 Å². The number of amides is 2. The van der Waals surface area contributed by atoms with E-state index in [1.807, 2.05) is 54.8 Å². The number of thiazole rings is 1. The highest BCUT2D eigenvalue weighted by molar-refractivity contribution is 8.00. The summed E-state index contributed by atoms with van der Waals surface area (Å²) in [5, 5.41) is 9.27. The zero-order valence-corrected chi connectivity index (χ0v) is 22.8. The van der Waals surface area contributed by atoms with Gasteiger partial charge in [-0.3, -0.25) is 9.59 Å². The van der Waals surface area contributed by atoms with Crippen LogP contribution >= 0.6 is 57.9 Å². The summed E-state index contributed by atoms with van der Waals surface area (Å²) in [6.07, 6.45) is 0.241. The average molecular weight is 577 g/mol. The van der Waals surface area contributed by atoms with Crippen LogP contribution in [0.4, 0.5) is 10.8 Å². The lowest BCUT2D eigenvalue weighted by molar-refractivity contribution is -0.116. The highest BCUT2D eigenvalue weighted by Gasteiger charge is 2.17. The summed E-state index contributed by atoms with van der Waals surface area (Å²) >= 11 is 20.7. The molecule has 1 atom stereocenters. The van der Waals surface area contributed by atoms with Gasteiger partial charge in [0, 0.05) is 26.5 Å². The van der Waals surface area contributed by atoms with Crippen molar-refractivity contribution in [2.75, 3.05) is 10.6 Å². The van der Waals surface area contributed by atoms with Crippen molar-refractivity contribution < 1.29 is 9.59 Å². The van der Waals surface area contributed by atoms with Gasteiger partial charge in [-0.2, -0.15) is 0 Å². The van der Waals surface area contributed by atoms with E-state index in [1.54, 1.807) is 24.3 Å². The third kappa shape index (κ3) is 7.24. The van der Waals surface area contributed by atoms with Gasteiger partial charge in [0.1, 0.15) is 0 Å². The standard InChI is InChI=1S/C26H20Cl3N3O2S2/c1-15(25(34)32-26-31-23(14-35-26)17-7-10-21(28)22(29)12-17)36-20-4-2-3-19(13-20)30-24(33)11-16-5-8-18(27)9-6-16/h2-10,12-15H,11H2,1H3,(H,30,33)(H,31,32,34). The van der Waals surface area contributed by atoms with Gasteiger partial charge in [-0.25, -0.2) is 4.98 Å². The SMILES string of the molecule is CC(Sc1cccc(NC(=O)Cc2ccc(Cl)cc2)c1)C(=O)Nc1nc(-c2ccc(Cl)c(Cl)c2)cs1. The smallest absolute Gasteiger partial charge is 0.239 e. The third-order valence-electron chi connectivity index (χ3n) is 5.03. The summed E-state index contributed by atoms with van der Waals surface area (Å²) in [5.74, 6) is -0.306. The predicted octanol–water partition coefficient (Wildman–Crippen LogP) is 8.07. The second-order valence-corrected chi connectivity index (χ2v) is 11.3. The van der Waals surface area contributed by atoms with Crippen molar-refractivity contribution in [2.24, 2.45) is 0 Å². The Balaban J connectivity index is 1.33. The van der Waals surface area contributed by atoms with Crippen LogP contribution in [0.15, 0.2) is 77.0 Å². The van der Waals surface area contributed by atoms with Crippen LogP contribution in [0.2, 0.25) is 15.1 Å². The van der Waals surface area contributed by atoms with Crippen LogP contribution in [-0.2, 0) is 16.0 Å². The van der Waals surface area contributed by atoms with Gasteiger partial charge < -0.3 is 10.6 Å². The van der Waals surface area contributed by atoms with Gasteiger partial charge in [-0.1, -0.05) is 59.1 Å². The second kappa shape index (κ2) is 12.1. The molecule has 0 fully saturated rings. The Bertz CT molecular complexity index is 1390. The van der Waals surface area contributed by atoms with Gasteiger partial charge in [-0.05, 0) is 55.0 Å². The lowest BCUT2D eigenvalue weighted by atomic mass is 10.1. The quantitative estimate of drug-likeness (QED) is 0.208. The normalized spacial score (nSPS) is 11.7. The fourth-order valence-electron chi connectivity index (χ4n) is 3.22. The summed E-state index contributed by atoms with van der Waals surface area (Å²) < 4.78 is 0. The fourth-order valence-corrected chi connectivity index (χ4v) is 5.30. The first-order valence-corrected chi connectivity index (χ1v) is 13.7. The second-order valence-electron chi connectivity index (χ2n) is 7.80. The van der Waals surface area contributed by atoms with Gasteiger partial charge in [0.25, 0.3) is 0 Å². The molecular formula is C26H20Cl3N3O2S2. The number of nitrogens with one attached hydrogen (secondary N) is 2. The molecular weight excluding hydrogens is 557 g/mol. The van der Waals surface area contributed by atoms with E-state index < -0.39 is 0 Å². The number of anilines is 2. The minimum absolute atomic E-state index is 0.133. The van der Waals surface area contributed by atoms with Gasteiger partial charge >= 0.3 is 0 Å². The summed E-state index contributed by atoms with van der Waals surface area (Å²) in [6.45, 7) is 1.82. The maximum absolute atomic E-state index is 12.8. The number of thioether (sulfide) groups is 1. The molecule has 2 N–H and O–H groups in total. The molecule has 184 valence electrons. The minimum atomic E-state index is -0.387. The van der Waals surface area contributed by atoms with Crippen LogP contribution < -0.4 is 10.6 Å². The zero-order valence-electron chi connectivity index (χ0n) is 18.9. The van der Waals surface area contributed by atoms with E-state index in [-0.39, 0.29) is 23.5 Å².